The Balaban J connectivity index is 1.75. The topological polar surface area (TPSA) is 58.1 Å². The fraction of sp³-hybridized carbons (Fsp3) is 0.292. The summed E-state index contributed by atoms with van der Waals surface area (Å²) in [6.07, 6.45) is 3.19. The van der Waals surface area contributed by atoms with E-state index < -0.39 is 0 Å². The van der Waals surface area contributed by atoms with Gasteiger partial charge in [0.1, 0.15) is 0 Å². The van der Waals surface area contributed by atoms with Gasteiger partial charge < -0.3 is 10.2 Å². The average molecular weight is 389 g/mol. The lowest BCUT2D eigenvalue weighted by Gasteiger charge is -2.27. The largest absolute Gasteiger partial charge is 0.332 e. The maximum absolute atomic E-state index is 13.0. The molecule has 150 valence electrons. The molecule has 0 radical (unpaired) electrons. The Kier molecular flexibility index (Phi) is 6.60. The van der Waals surface area contributed by atoms with Crippen LogP contribution in [0.3, 0.4) is 0 Å². The van der Waals surface area contributed by atoms with E-state index in [0.717, 1.165) is 11.3 Å². The van der Waals surface area contributed by atoms with Crippen LogP contribution in [0.15, 0.2) is 67.0 Å². The van der Waals surface area contributed by atoms with Gasteiger partial charge in [-0.1, -0.05) is 62.4 Å². The smallest absolute Gasteiger partial charge is 0.257 e. The molecule has 0 atom stereocenters. The van der Waals surface area contributed by atoms with E-state index in [2.05, 4.69) is 35.2 Å². The Morgan fingerprint density at radius 1 is 0.931 bits per heavy atom. The summed E-state index contributed by atoms with van der Waals surface area (Å²) in [6.45, 7) is 8.88. The maximum Gasteiger partial charge on any atom is 0.257 e. The molecule has 0 spiro atoms. The predicted octanol–water partition coefficient (Wildman–Crippen LogP) is 5.39. The number of nitrogens with zero attached hydrogens (tertiary/aromatic N) is 3. The number of para-hydroxylation sites is 1. The van der Waals surface area contributed by atoms with Gasteiger partial charge in [-0.25, -0.2) is 9.97 Å². The summed E-state index contributed by atoms with van der Waals surface area (Å²) in [5.74, 6) is 0.795. The number of carbonyl (C=O) groups excluding carboxylic acids is 1. The molecule has 3 aromatic rings. The third-order valence-corrected chi connectivity index (χ3v) is 4.81. The lowest BCUT2D eigenvalue weighted by atomic mass is 10.0. The molecule has 2 aromatic carbocycles. The number of rotatable bonds is 7. The number of nitrogens with one attached hydrogen (secondary N) is 1. The van der Waals surface area contributed by atoms with Crippen LogP contribution < -0.4 is 5.32 Å². The van der Waals surface area contributed by atoms with Gasteiger partial charge in [-0.2, -0.15) is 0 Å². The molecule has 0 saturated heterocycles. The lowest BCUT2D eigenvalue weighted by Crippen LogP contribution is -2.36. The molecule has 1 amide bonds. The third-order valence-electron chi connectivity index (χ3n) is 4.81. The molecular formula is C24H28N4O. The first-order chi connectivity index (χ1) is 14.0. The number of benzene rings is 2. The first-order valence-corrected chi connectivity index (χ1v) is 9.98. The van der Waals surface area contributed by atoms with Crippen LogP contribution in [0, 0.1) is 0 Å². The zero-order valence-corrected chi connectivity index (χ0v) is 17.5. The van der Waals surface area contributed by atoms with Gasteiger partial charge in [-0.05, 0) is 37.0 Å². The number of hydrogen-bond donors (Lipinski definition) is 1. The first-order valence-electron chi connectivity index (χ1n) is 9.98. The predicted molar refractivity (Wildman–Crippen MR) is 117 cm³/mol. The molecular weight excluding hydrogens is 360 g/mol. The summed E-state index contributed by atoms with van der Waals surface area (Å²) in [5, 5.41) is 3.26. The van der Waals surface area contributed by atoms with E-state index in [0.29, 0.717) is 24.0 Å². The van der Waals surface area contributed by atoms with Gasteiger partial charge in [0.2, 0.25) is 5.95 Å². The molecule has 0 aliphatic rings. The minimum Gasteiger partial charge on any atom is -0.332 e. The summed E-state index contributed by atoms with van der Waals surface area (Å²) in [5.41, 5.74) is 3.76. The highest BCUT2D eigenvalue weighted by molar-refractivity contribution is 5.93. The zero-order chi connectivity index (χ0) is 20.8. The van der Waals surface area contributed by atoms with Crippen LogP contribution in [0.4, 0.5) is 11.6 Å². The summed E-state index contributed by atoms with van der Waals surface area (Å²) in [4.78, 5) is 23.6. The van der Waals surface area contributed by atoms with Gasteiger partial charge in [0.05, 0.1) is 5.56 Å². The van der Waals surface area contributed by atoms with Crippen LogP contribution in [0.2, 0.25) is 0 Å². The van der Waals surface area contributed by atoms with Crippen LogP contribution in [0.1, 0.15) is 55.1 Å². The van der Waals surface area contributed by atoms with Crippen molar-refractivity contribution >= 4 is 17.5 Å². The Hall–Kier alpha value is -3.21. The van der Waals surface area contributed by atoms with Gasteiger partial charge in [-0.3, -0.25) is 4.79 Å². The van der Waals surface area contributed by atoms with Crippen LogP contribution in [-0.4, -0.2) is 26.8 Å². The standard InChI is InChI=1S/C24H28N4O/c1-17(2)21-12-8-9-13-22(21)27-24-25-14-20(15-26-24)23(29)28(18(3)4)16-19-10-6-5-7-11-19/h5-15,17-18H,16H2,1-4H3,(H,25,26,27). The van der Waals surface area contributed by atoms with Crippen molar-refractivity contribution < 1.29 is 4.79 Å². The van der Waals surface area contributed by atoms with Crippen LogP contribution in [-0.2, 0) is 6.54 Å². The van der Waals surface area contributed by atoms with Crippen LogP contribution in [0.25, 0.3) is 0 Å². The van der Waals surface area contributed by atoms with Gasteiger partial charge in [-0.15, -0.1) is 0 Å². The molecule has 0 aliphatic heterocycles. The number of aromatic nitrogens is 2. The van der Waals surface area contributed by atoms with E-state index in [9.17, 15) is 4.79 Å². The highest BCUT2D eigenvalue weighted by atomic mass is 16.2. The Bertz CT molecular complexity index is 937. The van der Waals surface area contributed by atoms with Gasteiger partial charge in [0.25, 0.3) is 5.91 Å². The fourth-order valence-electron chi connectivity index (χ4n) is 3.17. The van der Waals surface area contributed by atoms with Gasteiger partial charge >= 0.3 is 0 Å². The Morgan fingerprint density at radius 2 is 1.55 bits per heavy atom. The molecule has 3 rings (SSSR count). The summed E-state index contributed by atoms with van der Waals surface area (Å²) >= 11 is 0. The highest BCUT2D eigenvalue weighted by Gasteiger charge is 2.20. The van der Waals surface area contributed by atoms with E-state index in [1.165, 1.54) is 5.56 Å². The van der Waals surface area contributed by atoms with E-state index in [1.807, 2.05) is 67.3 Å². The van der Waals surface area contributed by atoms with E-state index >= 15 is 0 Å². The lowest BCUT2D eigenvalue weighted by molar-refractivity contribution is 0.0689. The third kappa shape index (κ3) is 5.19. The Labute approximate surface area is 172 Å². The number of anilines is 2. The van der Waals surface area contributed by atoms with Gasteiger partial charge in [0, 0.05) is 30.7 Å². The van der Waals surface area contributed by atoms with E-state index in [4.69, 9.17) is 0 Å². The molecule has 5 nitrogen and oxygen atoms in total. The van der Waals surface area contributed by atoms with Gasteiger partial charge in [0.15, 0.2) is 0 Å². The quantitative estimate of drug-likeness (QED) is 0.589. The van der Waals surface area contributed by atoms with Crippen molar-refractivity contribution in [1.82, 2.24) is 14.9 Å². The molecule has 1 heterocycles. The van der Waals surface area contributed by atoms with Crippen molar-refractivity contribution in [2.75, 3.05) is 5.32 Å². The summed E-state index contributed by atoms with van der Waals surface area (Å²) in [6, 6.07) is 18.2. The molecule has 0 saturated carbocycles. The number of hydrogen-bond acceptors (Lipinski definition) is 4. The van der Waals surface area contributed by atoms with Crippen LogP contribution >= 0.6 is 0 Å². The molecule has 0 unspecified atom stereocenters. The second kappa shape index (κ2) is 9.32. The zero-order valence-electron chi connectivity index (χ0n) is 17.5. The van der Waals surface area contributed by atoms with Crippen molar-refractivity contribution in [1.29, 1.82) is 0 Å². The summed E-state index contributed by atoms with van der Waals surface area (Å²) < 4.78 is 0. The van der Waals surface area contributed by atoms with Crippen molar-refractivity contribution in [3.63, 3.8) is 0 Å². The van der Waals surface area contributed by atoms with E-state index in [1.54, 1.807) is 12.4 Å². The second-order valence-electron chi connectivity index (χ2n) is 7.67. The second-order valence-corrected chi connectivity index (χ2v) is 7.67. The molecule has 5 heteroatoms. The van der Waals surface area contributed by atoms with Crippen molar-refractivity contribution in [3.05, 3.63) is 83.7 Å². The van der Waals surface area contributed by atoms with Crippen LogP contribution in [0.5, 0.6) is 0 Å². The van der Waals surface area contributed by atoms with Crippen molar-refractivity contribution in [3.8, 4) is 0 Å². The maximum atomic E-state index is 13.0. The fourth-order valence-corrected chi connectivity index (χ4v) is 3.17. The molecule has 0 aliphatic carbocycles. The van der Waals surface area contributed by atoms with Crippen molar-refractivity contribution in [2.24, 2.45) is 0 Å². The first kappa shape index (κ1) is 20.5. The van der Waals surface area contributed by atoms with Crippen molar-refractivity contribution in [2.45, 2.75) is 46.2 Å². The van der Waals surface area contributed by atoms with E-state index in [-0.39, 0.29) is 11.9 Å². The SMILES string of the molecule is CC(C)c1ccccc1Nc1ncc(C(=O)N(Cc2ccccc2)C(C)C)cn1. The highest BCUT2D eigenvalue weighted by Crippen LogP contribution is 2.25. The molecule has 0 bridgehead atoms. The minimum absolute atomic E-state index is 0.0680. The Morgan fingerprint density at radius 3 is 2.17 bits per heavy atom. The monoisotopic (exact) mass is 388 g/mol. The minimum atomic E-state index is -0.0713. The number of carbonyl (C=O) groups is 1. The summed E-state index contributed by atoms with van der Waals surface area (Å²) in [7, 11) is 0. The number of amides is 1. The normalized spacial score (nSPS) is 11.0. The average Bonchev–Trinajstić information content (AvgIpc) is 2.73. The molecule has 0 fully saturated rings. The molecule has 29 heavy (non-hydrogen) atoms. The molecule has 1 aromatic heterocycles. The molecule has 1 N–H and O–H groups in total.